The van der Waals surface area contributed by atoms with Crippen molar-refractivity contribution in [2.24, 2.45) is 0 Å². The Morgan fingerprint density at radius 2 is 1.62 bits per heavy atom. The molecule has 108 valence electrons. The van der Waals surface area contributed by atoms with Crippen molar-refractivity contribution in [3.05, 3.63) is 53.8 Å². The third kappa shape index (κ3) is 3.56. The van der Waals surface area contributed by atoms with Gasteiger partial charge in [0.2, 0.25) is 0 Å². The van der Waals surface area contributed by atoms with Gasteiger partial charge in [0, 0.05) is 5.69 Å². The molecule has 0 fully saturated rings. The van der Waals surface area contributed by atoms with Crippen molar-refractivity contribution in [1.29, 1.82) is 0 Å². The van der Waals surface area contributed by atoms with E-state index in [1.165, 1.54) is 36.4 Å². The zero-order chi connectivity index (χ0) is 15.4. The molecule has 2 aromatic carbocycles. The summed E-state index contributed by atoms with van der Waals surface area (Å²) in [6.07, 6.45) is 0. The number of carbonyl (C=O) groups excluding carboxylic acids is 2. The van der Waals surface area contributed by atoms with Crippen LogP contribution in [0.1, 0.15) is 5.56 Å². The fourth-order valence-electron chi connectivity index (χ4n) is 1.71. The second-order valence-corrected chi connectivity index (χ2v) is 4.39. The first-order chi connectivity index (χ1) is 9.97. The molecule has 0 atom stereocenters. The minimum absolute atomic E-state index is 0.0568. The lowest BCUT2D eigenvalue weighted by Crippen LogP contribution is -2.29. The number of carbonyl (C=O) groups is 2. The van der Waals surface area contributed by atoms with E-state index in [1.54, 1.807) is 13.0 Å². The van der Waals surface area contributed by atoms with E-state index in [1.807, 2.05) is 0 Å². The first kappa shape index (κ1) is 14.5. The van der Waals surface area contributed by atoms with Crippen molar-refractivity contribution in [3.8, 4) is 5.75 Å². The number of aromatic hydroxyl groups is 1. The topological polar surface area (TPSA) is 78.4 Å². The van der Waals surface area contributed by atoms with E-state index >= 15 is 0 Å². The molecule has 0 spiro atoms. The predicted molar refractivity (Wildman–Crippen MR) is 76.5 cm³/mol. The molecular formula is C15H13FN2O3. The van der Waals surface area contributed by atoms with Crippen molar-refractivity contribution < 1.29 is 19.1 Å². The van der Waals surface area contributed by atoms with Crippen LogP contribution >= 0.6 is 0 Å². The van der Waals surface area contributed by atoms with Crippen LogP contribution in [-0.2, 0) is 9.59 Å². The molecule has 5 nitrogen and oxygen atoms in total. The summed E-state index contributed by atoms with van der Waals surface area (Å²) in [5.41, 5.74) is 0.920. The molecule has 0 saturated heterocycles. The number of rotatable bonds is 2. The number of amides is 2. The van der Waals surface area contributed by atoms with Crippen LogP contribution in [0.15, 0.2) is 42.5 Å². The SMILES string of the molecule is Cc1cc(O)ccc1NC(=O)C(=O)Nc1ccccc1F. The molecule has 0 heterocycles. The third-order valence-corrected chi connectivity index (χ3v) is 2.79. The smallest absolute Gasteiger partial charge is 0.314 e. The number of anilines is 2. The summed E-state index contributed by atoms with van der Waals surface area (Å²) in [7, 11) is 0. The summed E-state index contributed by atoms with van der Waals surface area (Å²) in [5, 5.41) is 13.9. The Labute approximate surface area is 120 Å². The van der Waals surface area contributed by atoms with Gasteiger partial charge in [0.05, 0.1) is 5.69 Å². The molecule has 0 aliphatic rings. The summed E-state index contributed by atoms with van der Waals surface area (Å²) in [4.78, 5) is 23.5. The first-order valence-electron chi connectivity index (χ1n) is 6.14. The molecule has 0 aliphatic carbocycles. The Hall–Kier alpha value is -2.89. The zero-order valence-electron chi connectivity index (χ0n) is 11.2. The van der Waals surface area contributed by atoms with Crippen LogP contribution in [0.25, 0.3) is 0 Å². The Kier molecular flexibility index (Phi) is 4.18. The van der Waals surface area contributed by atoms with Gasteiger partial charge in [-0.15, -0.1) is 0 Å². The van der Waals surface area contributed by atoms with E-state index in [2.05, 4.69) is 10.6 Å². The van der Waals surface area contributed by atoms with Crippen LogP contribution in [0.3, 0.4) is 0 Å². The molecule has 6 heteroatoms. The first-order valence-corrected chi connectivity index (χ1v) is 6.14. The minimum atomic E-state index is -0.979. The van der Waals surface area contributed by atoms with Gasteiger partial charge in [-0.1, -0.05) is 12.1 Å². The van der Waals surface area contributed by atoms with Gasteiger partial charge in [0.15, 0.2) is 0 Å². The zero-order valence-corrected chi connectivity index (χ0v) is 11.2. The van der Waals surface area contributed by atoms with E-state index in [9.17, 15) is 19.1 Å². The van der Waals surface area contributed by atoms with Crippen molar-refractivity contribution in [3.63, 3.8) is 0 Å². The highest BCUT2D eigenvalue weighted by Gasteiger charge is 2.16. The number of hydrogen-bond donors (Lipinski definition) is 3. The normalized spacial score (nSPS) is 10.0. The monoisotopic (exact) mass is 288 g/mol. The molecule has 0 unspecified atom stereocenters. The number of halogens is 1. The van der Waals surface area contributed by atoms with Gasteiger partial charge >= 0.3 is 11.8 Å². The standard InChI is InChI=1S/C15H13FN2O3/c1-9-8-10(19)6-7-12(9)17-14(20)15(21)18-13-5-3-2-4-11(13)16/h2-8,19H,1H3,(H,17,20)(H,18,21). The van der Waals surface area contributed by atoms with Crippen molar-refractivity contribution in [2.75, 3.05) is 10.6 Å². The van der Waals surface area contributed by atoms with E-state index in [0.29, 0.717) is 11.3 Å². The number of para-hydroxylation sites is 1. The highest BCUT2D eigenvalue weighted by molar-refractivity contribution is 6.43. The number of aryl methyl sites for hydroxylation is 1. The van der Waals surface area contributed by atoms with E-state index in [0.717, 1.165) is 0 Å². The largest absolute Gasteiger partial charge is 0.508 e. The fourth-order valence-corrected chi connectivity index (χ4v) is 1.71. The Balaban J connectivity index is 2.06. The maximum absolute atomic E-state index is 13.4. The number of phenolic OH excluding ortho intramolecular Hbond substituents is 1. The van der Waals surface area contributed by atoms with Crippen molar-refractivity contribution in [1.82, 2.24) is 0 Å². The maximum Gasteiger partial charge on any atom is 0.314 e. The minimum Gasteiger partial charge on any atom is -0.508 e. The Morgan fingerprint density at radius 1 is 1.00 bits per heavy atom. The molecule has 0 aliphatic heterocycles. The van der Waals surface area contributed by atoms with Crippen LogP contribution in [0.4, 0.5) is 15.8 Å². The lowest BCUT2D eigenvalue weighted by molar-refractivity contribution is -0.133. The second-order valence-electron chi connectivity index (χ2n) is 4.39. The van der Waals surface area contributed by atoms with Gasteiger partial charge in [-0.25, -0.2) is 4.39 Å². The maximum atomic E-state index is 13.4. The quantitative estimate of drug-likeness (QED) is 0.586. The summed E-state index contributed by atoms with van der Waals surface area (Å²) in [6.45, 7) is 1.67. The van der Waals surface area contributed by atoms with E-state index in [-0.39, 0.29) is 11.4 Å². The van der Waals surface area contributed by atoms with Crippen molar-refractivity contribution in [2.45, 2.75) is 6.92 Å². The average Bonchev–Trinajstić information content (AvgIpc) is 2.44. The lowest BCUT2D eigenvalue weighted by Gasteiger charge is -2.09. The lowest BCUT2D eigenvalue weighted by atomic mass is 10.2. The van der Waals surface area contributed by atoms with Gasteiger partial charge in [0.1, 0.15) is 11.6 Å². The summed E-state index contributed by atoms with van der Waals surface area (Å²) >= 11 is 0. The van der Waals surface area contributed by atoms with Crippen molar-refractivity contribution >= 4 is 23.2 Å². The third-order valence-electron chi connectivity index (χ3n) is 2.79. The molecule has 0 radical (unpaired) electrons. The molecular weight excluding hydrogens is 275 g/mol. The fraction of sp³-hybridized carbons (Fsp3) is 0.0667. The van der Waals surface area contributed by atoms with Gasteiger partial charge in [0.25, 0.3) is 0 Å². The molecule has 2 aromatic rings. The van der Waals surface area contributed by atoms with Crippen LogP contribution in [0, 0.1) is 12.7 Å². The number of benzene rings is 2. The molecule has 3 N–H and O–H groups in total. The summed E-state index contributed by atoms with van der Waals surface area (Å²) < 4.78 is 13.4. The van der Waals surface area contributed by atoms with Gasteiger partial charge in [-0.3, -0.25) is 9.59 Å². The average molecular weight is 288 g/mol. The Morgan fingerprint density at radius 3 is 2.24 bits per heavy atom. The summed E-state index contributed by atoms with van der Waals surface area (Å²) in [5.74, 6) is -2.47. The molecule has 0 aromatic heterocycles. The van der Waals surface area contributed by atoms with E-state index in [4.69, 9.17) is 0 Å². The van der Waals surface area contributed by atoms with Crippen LogP contribution in [0.2, 0.25) is 0 Å². The highest BCUT2D eigenvalue weighted by atomic mass is 19.1. The number of nitrogens with one attached hydrogen (secondary N) is 2. The summed E-state index contributed by atoms with van der Waals surface area (Å²) in [6, 6.07) is 9.86. The predicted octanol–water partition coefficient (Wildman–Crippen LogP) is 2.42. The molecule has 0 bridgehead atoms. The van der Waals surface area contributed by atoms with Gasteiger partial charge in [-0.2, -0.15) is 0 Å². The Bertz CT molecular complexity index is 701. The van der Waals surface area contributed by atoms with Crippen LogP contribution in [-0.4, -0.2) is 16.9 Å². The van der Waals surface area contributed by atoms with Crippen LogP contribution in [0.5, 0.6) is 5.75 Å². The number of phenols is 1. The number of hydrogen-bond acceptors (Lipinski definition) is 3. The van der Waals surface area contributed by atoms with E-state index < -0.39 is 17.6 Å². The van der Waals surface area contributed by atoms with Crippen LogP contribution < -0.4 is 10.6 Å². The second kappa shape index (κ2) is 6.04. The molecule has 21 heavy (non-hydrogen) atoms. The molecule has 2 amide bonds. The molecule has 2 rings (SSSR count). The van der Waals surface area contributed by atoms with Gasteiger partial charge in [-0.05, 0) is 42.8 Å². The highest BCUT2D eigenvalue weighted by Crippen LogP contribution is 2.20. The van der Waals surface area contributed by atoms with Gasteiger partial charge < -0.3 is 15.7 Å². The molecule has 0 saturated carbocycles.